The number of hydrogen-bond acceptors (Lipinski definition) is 4. The van der Waals surface area contributed by atoms with Crippen LogP contribution < -0.4 is 5.32 Å². The molecule has 3 aromatic rings. The summed E-state index contributed by atoms with van der Waals surface area (Å²) in [4.78, 5) is 19.4. The number of amides is 1. The number of imidazole rings is 1. The molecule has 1 amide bonds. The van der Waals surface area contributed by atoms with Crippen molar-refractivity contribution >= 4 is 16.9 Å². The van der Waals surface area contributed by atoms with Crippen LogP contribution in [-0.4, -0.2) is 21.0 Å². The van der Waals surface area contributed by atoms with Crippen molar-refractivity contribution in [2.24, 2.45) is 0 Å². The van der Waals surface area contributed by atoms with Crippen LogP contribution >= 0.6 is 0 Å². The lowest BCUT2D eigenvalue weighted by Crippen LogP contribution is -2.23. The molecule has 0 aliphatic carbocycles. The van der Waals surface area contributed by atoms with Crippen LogP contribution in [0.3, 0.4) is 0 Å². The van der Waals surface area contributed by atoms with E-state index in [2.05, 4.69) is 20.4 Å². The number of rotatable bonds is 3. The number of H-pyrrole nitrogens is 1. The monoisotopic (exact) mass is 256 g/mol. The van der Waals surface area contributed by atoms with Gasteiger partial charge in [-0.3, -0.25) is 4.79 Å². The second-order valence-corrected chi connectivity index (χ2v) is 4.18. The third-order valence-corrected chi connectivity index (χ3v) is 2.85. The Bertz CT molecular complexity index is 696. The molecule has 0 spiro atoms. The minimum atomic E-state index is -0.223. The highest BCUT2D eigenvalue weighted by molar-refractivity contribution is 5.94. The number of hydrogen-bond donors (Lipinski definition) is 2. The average molecular weight is 256 g/mol. The molecule has 6 nitrogen and oxygen atoms in total. The molecule has 2 aromatic heterocycles. The van der Waals surface area contributed by atoms with Crippen molar-refractivity contribution in [3.63, 3.8) is 0 Å². The second kappa shape index (κ2) is 4.56. The summed E-state index contributed by atoms with van der Waals surface area (Å²) < 4.78 is 4.85. The van der Waals surface area contributed by atoms with Crippen molar-refractivity contribution < 1.29 is 9.32 Å². The summed E-state index contributed by atoms with van der Waals surface area (Å²) in [7, 11) is 0. The van der Waals surface area contributed by atoms with E-state index in [0.29, 0.717) is 23.7 Å². The molecule has 6 heteroatoms. The Kier molecular flexibility index (Phi) is 2.75. The van der Waals surface area contributed by atoms with Crippen molar-refractivity contribution in [1.29, 1.82) is 0 Å². The van der Waals surface area contributed by atoms with Gasteiger partial charge >= 0.3 is 0 Å². The first-order valence-corrected chi connectivity index (χ1v) is 5.87. The molecule has 0 fully saturated rings. The first-order valence-electron chi connectivity index (χ1n) is 5.87. The molecular formula is C13H12N4O2. The molecule has 0 unspecified atom stereocenters. The molecule has 0 radical (unpaired) electrons. The zero-order valence-corrected chi connectivity index (χ0v) is 10.3. The quantitative estimate of drug-likeness (QED) is 0.748. The van der Waals surface area contributed by atoms with Crippen LogP contribution in [0.4, 0.5) is 0 Å². The van der Waals surface area contributed by atoms with Crippen molar-refractivity contribution in [2.45, 2.75) is 13.5 Å². The summed E-state index contributed by atoms with van der Waals surface area (Å²) in [6, 6.07) is 7.72. The van der Waals surface area contributed by atoms with Crippen LogP contribution in [0.25, 0.3) is 11.0 Å². The van der Waals surface area contributed by atoms with E-state index in [9.17, 15) is 4.79 Å². The number of aryl methyl sites for hydroxylation is 1. The van der Waals surface area contributed by atoms with Crippen molar-refractivity contribution in [3.05, 3.63) is 47.6 Å². The SMILES string of the molecule is Cc1oncc1C(=O)NCc1nc2ccccc2[nH]1. The average Bonchev–Trinajstić information content (AvgIpc) is 3.01. The summed E-state index contributed by atoms with van der Waals surface area (Å²) >= 11 is 0. The predicted molar refractivity (Wildman–Crippen MR) is 68.5 cm³/mol. The number of para-hydroxylation sites is 2. The molecule has 1 aromatic carbocycles. The van der Waals surface area contributed by atoms with Gasteiger partial charge in [-0.25, -0.2) is 4.98 Å². The normalized spacial score (nSPS) is 10.8. The van der Waals surface area contributed by atoms with E-state index in [1.807, 2.05) is 24.3 Å². The number of fused-ring (bicyclic) bond motifs is 1. The highest BCUT2D eigenvalue weighted by atomic mass is 16.5. The van der Waals surface area contributed by atoms with E-state index in [-0.39, 0.29) is 5.91 Å². The number of aromatic nitrogens is 3. The number of aromatic amines is 1. The van der Waals surface area contributed by atoms with Crippen molar-refractivity contribution in [3.8, 4) is 0 Å². The summed E-state index contributed by atoms with van der Waals surface area (Å²) in [6.07, 6.45) is 1.41. The Balaban J connectivity index is 1.72. The van der Waals surface area contributed by atoms with Gasteiger partial charge in [0, 0.05) is 0 Å². The van der Waals surface area contributed by atoms with E-state index in [1.54, 1.807) is 6.92 Å². The zero-order valence-electron chi connectivity index (χ0n) is 10.3. The largest absolute Gasteiger partial charge is 0.361 e. The van der Waals surface area contributed by atoms with Gasteiger partial charge in [-0.05, 0) is 19.1 Å². The Morgan fingerprint density at radius 3 is 3.00 bits per heavy atom. The number of nitrogens with zero attached hydrogens (tertiary/aromatic N) is 2. The standard InChI is InChI=1S/C13H12N4O2/c1-8-9(6-15-19-8)13(18)14-7-12-16-10-4-2-3-5-11(10)17-12/h2-6H,7H2,1H3,(H,14,18)(H,16,17). The second-order valence-electron chi connectivity index (χ2n) is 4.18. The maximum Gasteiger partial charge on any atom is 0.256 e. The Morgan fingerprint density at radius 1 is 1.42 bits per heavy atom. The van der Waals surface area contributed by atoms with Crippen molar-refractivity contribution in [1.82, 2.24) is 20.4 Å². The molecule has 0 aliphatic rings. The molecule has 0 bridgehead atoms. The van der Waals surface area contributed by atoms with Crippen LogP contribution in [0.15, 0.2) is 35.0 Å². The highest BCUT2D eigenvalue weighted by Crippen LogP contribution is 2.10. The van der Waals surface area contributed by atoms with Crippen LogP contribution in [0, 0.1) is 6.92 Å². The minimum absolute atomic E-state index is 0.223. The van der Waals surface area contributed by atoms with Gasteiger partial charge in [-0.15, -0.1) is 0 Å². The van der Waals surface area contributed by atoms with E-state index in [0.717, 1.165) is 11.0 Å². The fourth-order valence-electron chi connectivity index (χ4n) is 1.87. The molecule has 2 heterocycles. The lowest BCUT2D eigenvalue weighted by molar-refractivity contribution is 0.0948. The summed E-state index contributed by atoms with van der Waals surface area (Å²) in [5.74, 6) is 0.991. The third kappa shape index (κ3) is 2.20. The summed E-state index contributed by atoms with van der Waals surface area (Å²) in [6.45, 7) is 2.03. The zero-order chi connectivity index (χ0) is 13.2. The highest BCUT2D eigenvalue weighted by Gasteiger charge is 2.12. The Hall–Kier alpha value is -2.63. The minimum Gasteiger partial charge on any atom is -0.361 e. The smallest absolute Gasteiger partial charge is 0.256 e. The van der Waals surface area contributed by atoms with Gasteiger partial charge in [0.25, 0.3) is 5.91 Å². The third-order valence-electron chi connectivity index (χ3n) is 2.85. The van der Waals surface area contributed by atoms with Crippen LogP contribution in [0.1, 0.15) is 21.9 Å². The maximum absolute atomic E-state index is 11.9. The molecule has 0 atom stereocenters. The van der Waals surface area contributed by atoms with Gasteiger partial charge in [0.1, 0.15) is 17.1 Å². The Morgan fingerprint density at radius 2 is 2.26 bits per heavy atom. The van der Waals surface area contributed by atoms with Gasteiger partial charge < -0.3 is 14.8 Å². The Labute approximate surface area is 108 Å². The van der Waals surface area contributed by atoms with E-state index in [1.165, 1.54) is 6.20 Å². The number of carbonyl (C=O) groups excluding carboxylic acids is 1. The molecule has 0 saturated heterocycles. The lowest BCUT2D eigenvalue weighted by Gasteiger charge is -2.00. The molecule has 3 rings (SSSR count). The van der Waals surface area contributed by atoms with E-state index >= 15 is 0 Å². The van der Waals surface area contributed by atoms with E-state index in [4.69, 9.17) is 4.52 Å². The van der Waals surface area contributed by atoms with Gasteiger partial charge in [-0.1, -0.05) is 17.3 Å². The molecule has 0 aliphatic heterocycles. The lowest BCUT2D eigenvalue weighted by atomic mass is 10.2. The predicted octanol–water partition coefficient (Wildman–Crippen LogP) is 1.79. The summed E-state index contributed by atoms with van der Waals surface area (Å²) in [5.41, 5.74) is 2.27. The fourth-order valence-corrected chi connectivity index (χ4v) is 1.87. The van der Waals surface area contributed by atoms with Crippen LogP contribution in [-0.2, 0) is 6.54 Å². The fraction of sp³-hybridized carbons (Fsp3) is 0.154. The number of benzene rings is 1. The first kappa shape index (κ1) is 11.5. The molecular weight excluding hydrogens is 244 g/mol. The molecule has 2 N–H and O–H groups in total. The van der Waals surface area contributed by atoms with Gasteiger partial charge in [0.2, 0.25) is 0 Å². The van der Waals surface area contributed by atoms with Crippen LogP contribution in [0.5, 0.6) is 0 Å². The van der Waals surface area contributed by atoms with Crippen molar-refractivity contribution in [2.75, 3.05) is 0 Å². The molecule has 0 saturated carbocycles. The van der Waals surface area contributed by atoms with E-state index < -0.39 is 0 Å². The van der Waals surface area contributed by atoms with Gasteiger partial charge in [0.15, 0.2) is 0 Å². The molecule has 19 heavy (non-hydrogen) atoms. The summed E-state index contributed by atoms with van der Waals surface area (Å²) in [5, 5.41) is 6.34. The topological polar surface area (TPSA) is 83.8 Å². The first-order chi connectivity index (χ1) is 9.24. The van der Waals surface area contributed by atoms with Gasteiger partial charge in [0.05, 0.1) is 23.8 Å². The maximum atomic E-state index is 11.9. The number of nitrogens with one attached hydrogen (secondary N) is 2. The van der Waals surface area contributed by atoms with Crippen LogP contribution in [0.2, 0.25) is 0 Å². The molecule has 96 valence electrons. The van der Waals surface area contributed by atoms with Gasteiger partial charge in [-0.2, -0.15) is 0 Å². The number of carbonyl (C=O) groups is 1.